The molecule has 2 aliphatic rings. The molecule has 0 aliphatic carbocycles. The first kappa shape index (κ1) is 29.3. The molecule has 0 bridgehead atoms. The van der Waals surface area contributed by atoms with E-state index in [4.69, 9.17) is 20.3 Å². The summed E-state index contributed by atoms with van der Waals surface area (Å²) in [6.45, 7) is -1.82. The van der Waals surface area contributed by atoms with Crippen LogP contribution < -0.4 is 5.73 Å². The molecule has 0 aromatic carbocycles. The molecule has 0 amide bonds. The third-order valence-corrected chi connectivity index (χ3v) is 8.29. The second kappa shape index (κ2) is 11.0. The average Bonchev–Trinajstić information content (AvgIpc) is 3.39. The van der Waals surface area contributed by atoms with Gasteiger partial charge in [0.1, 0.15) is 54.6 Å². The molecule has 2 aromatic heterocycles. The Morgan fingerprint density at radius 2 is 1.61 bits per heavy atom. The van der Waals surface area contributed by atoms with Gasteiger partial charge in [-0.15, -0.1) is 0 Å². The first-order chi connectivity index (χ1) is 17.7. The Bertz CT molecular complexity index is 1230. The van der Waals surface area contributed by atoms with E-state index in [1.165, 1.54) is 10.9 Å². The molecule has 214 valence electrons. The number of aliphatic hydroxyl groups excluding tert-OH is 6. The van der Waals surface area contributed by atoms with Crippen LogP contribution in [-0.2, 0) is 32.0 Å². The van der Waals surface area contributed by atoms with Crippen molar-refractivity contribution in [2.45, 2.75) is 55.2 Å². The number of nitrogens with two attached hydrogens (primary N) is 1. The smallest absolute Gasteiger partial charge is 0.394 e. The maximum atomic E-state index is 12.3. The Hall–Kier alpha value is -1.71. The zero-order valence-corrected chi connectivity index (χ0v) is 20.7. The molecule has 2 saturated heterocycles. The number of ether oxygens (including phenoxy) is 2. The van der Waals surface area contributed by atoms with E-state index in [9.17, 15) is 44.4 Å². The van der Waals surface area contributed by atoms with Gasteiger partial charge in [0.05, 0.1) is 19.5 Å². The summed E-state index contributed by atoms with van der Waals surface area (Å²) in [5.41, 5.74) is 6.05. The summed E-state index contributed by atoms with van der Waals surface area (Å²) in [6, 6.07) is 0. The SMILES string of the molecule is Nc1ncnc2c1ncn2[C@H]1O[C@H](COP(=O)(O)OP(=O)(O)O[C@@H]2O[C@H](CO)[C@@H](O)[C@H](O)[C@H]2O)[C@H](O)[C@@H]1O. The second-order valence-electron chi connectivity index (χ2n) is 8.25. The summed E-state index contributed by atoms with van der Waals surface area (Å²) >= 11 is 0. The Balaban J connectivity index is 1.38. The maximum Gasteiger partial charge on any atom is 0.483 e. The quantitative estimate of drug-likeness (QED) is 0.126. The summed E-state index contributed by atoms with van der Waals surface area (Å²) < 4.78 is 49.3. The number of aliphatic hydroxyl groups is 6. The van der Waals surface area contributed by atoms with Gasteiger partial charge < -0.3 is 55.6 Å². The maximum absolute atomic E-state index is 12.3. The van der Waals surface area contributed by atoms with Gasteiger partial charge in [-0.3, -0.25) is 13.6 Å². The van der Waals surface area contributed by atoms with E-state index in [0.717, 1.165) is 6.33 Å². The van der Waals surface area contributed by atoms with E-state index in [1.807, 2.05) is 0 Å². The number of imidazole rings is 1. The highest BCUT2D eigenvalue weighted by atomic mass is 31.3. The van der Waals surface area contributed by atoms with E-state index in [-0.39, 0.29) is 17.0 Å². The number of fused-ring (bicyclic) bond motifs is 1. The van der Waals surface area contributed by atoms with Gasteiger partial charge >= 0.3 is 15.6 Å². The molecular weight excluding hydrogens is 564 g/mol. The van der Waals surface area contributed by atoms with Gasteiger partial charge in [0.25, 0.3) is 0 Å². The Morgan fingerprint density at radius 1 is 0.921 bits per heavy atom. The number of hydrogen-bond donors (Lipinski definition) is 9. The van der Waals surface area contributed by atoms with Gasteiger partial charge in [-0.1, -0.05) is 0 Å². The van der Waals surface area contributed by atoms with Crippen LogP contribution in [0.3, 0.4) is 0 Å². The summed E-state index contributed by atoms with van der Waals surface area (Å²) in [7, 11) is -11.0. The van der Waals surface area contributed by atoms with E-state index in [0.29, 0.717) is 0 Å². The van der Waals surface area contributed by atoms with Gasteiger partial charge in [-0.05, 0) is 0 Å². The van der Waals surface area contributed by atoms with Crippen molar-refractivity contribution in [3.63, 3.8) is 0 Å². The minimum Gasteiger partial charge on any atom is -0.394 e. The van der Waals surface area contributed by atoms with Crippen molar-refractivity contribution in [2.24, 2.45) is 0 Å². The van der Waals surface area contributed by atoms with Crippen LogP contribution in [0, 0.1) is 0 Å². The van der Waals surface area contributed by atoms with Gasteiger partial charge in [-0.25, -0.2) is 24.1 Å². The van der Waals surface area contributed by atoms with Crippen LogP contribution in [0.1, 0.15) is 6.23 Å². The molecule has 4 rings (SSSR count). The molecule has 38 heavy (non-hydrogen) atoms. The van der Waals surface area contributed by atoms with Crippen molar-refractivity contribution in [3.05, 3.63) is 12.7 Å². The van der Waals surface area contributed by atoms with E-state index >= 15 is 0 Å². The predicted octanol–water partition coefficient (Wildman–Crippen LogP) is -3.92. The fourth-order valence-electron chi connectivity index (χ4n) is 3.78. The van der Waals surface area contributed by atoms with Crippen LogP contribution in [0.15, 0.2) is 12.7 Å². The highest BCUT2D eigenvalue weighted by molar-refractivity contribution is 7.61. The first-order valence-corrected chi connectivity index (χ1v) is 13.7. The minimum atomic E-state index is -5.56. The van der Waals surface area contributed by atoms with Crippen LogP contribution in [0.5, 0.6) is 0 Å². The van der Waals surface area contributed by atoms with Gasteiger partial charge in [-0.2, -0.15) is 4.31 Å². The molecule has 0 saturated carbocycles. The Kier molecular flexibility index (Phi) is 8.51. The van der Waals surface area contributed by atoms with Crippen LogP contribution >= 0.6 is 15.6 Å². The molecule has 11 atom stereocenters. The highest BCUT2D eigenvalue weighted by Crippen LogP contribution is 2.61. The molecule has 20 nitrogen and oxygen atoms in total. The topological polar surface area (TPSA) is 312 Å². The van der Waals surface area contributed by atoms with E-state index in [1.54, 1.807) is 0 Å². The van der Waals surface area contributed by atoms with Crippen LogP contribution in [-0.4, -0.2) is 122 Å². The molecule has 22 heteroatoms. The lowest BCUT2D eigenvalue weighted by Gasteiger charge is -2.39. The number of aromatic nitrogens is 4. The normalized spacial score (nSPS) is 37.2. The number of phosphoric acid groups is 2. The molecule has 2 aliphatic heterocycles. The monoisotopic (exact) mass is 589 g/mol. The lowest BCUT2D eigenvalue weighted by molar-refractivity contribution is -0.280. The lowest BCUT2D eigenvalue weighted by atomic mass is 10.00. The number of hydrogen-bond acceptors (Lipinski definition) is 17. The Labute approximate surface area is 212 Å². The molecular formula is C16H25N5O15P2. The first-order valence-electron chi connectivity index (χ1n) is 10.7. The van der Waals surface area contributed by atoms with Crippen molar-refractivity contribution in [3.8, 4) is 0 Å². The fraction of sp³-hybridized carbons (Fsp3) is 0.688. The standard InChI is InChI=1S/C16H25N5O15P2/c17-13-7-14(19-3-18-13)21(4-20-7)15-11(26)9(24)6(33-15)2-32-37(28,29)36-38(30,31)35-16-12(27)10(25)8(23)5(1-22)34-16/h3-6,8-12,15-16,22-27H,1-2H2,(H,28,29)(H,30,31)(H2,17,18,19)/t5-,6-,8-,9+,10+,11+,12-,15+,16+/m1/s1. The van der Waals surface area contributed by atoms with Crippen molar-refractivity contribution >= 4 is 32.6 Å². The minimum absolute atomic E-state index is 0.0411. The molecule has 0 radical (unpaired) electrons. The zero-order chi connectivity index (χ0) is 28.0. The van der Waals surface area contributed by atoms with E-state index < -0.39 is 84.1 Å². The number of rotatable bonds is 9. The zero-order valence-electron chi connectivity index (χ0n) is 19.0. The van der Waals surface area contributed by atoms with Crippen molar-refractivity contribution in [1.82, 2.24) is 19.5 Å². The predicted molar refractivity (Wildman–Crippen MR) is 117 cm³/mol. The van der Waals surface area contributed by atoms with Gasteiger partial charge in [0.15, 0.2) is 24.0 Å². The summed E-state index contributed by atoms with van der Waals surface area (Å²) in [5, 5.41) is 59.2. The van der Waals surface area contributed by atoms with Gasteiger partial charge in [0, 0.05) is 0 Å². The fourth-order valence-corrected chi connectivity index (χ4v) is 5.94. The van der Waals surface area contributed by atoms with Crippen LogP contribution in [0.2, 0.25) is 0 Å². The van der Waals surface area contributed by atoms with E-state index in [2.05, 4.69) is 28.3 Å². The van der Waals surface area contributed by atoms with Crippen molar-refractivity contribution in [2.75, 3.05) is 18.9 Å². The van der Waals surface area contributed by atoms with Crippen molar-refractivity contribution < 1.29 is 72.4 Å². The van der Waals surface area contributed by atoms with Crippen molar-refractivity contribution in [1.29, 1.82) is 0 Å². The number of nitrogens with zero attached hydrogens (tertiary/aromatic N) is 4. The van der Waals surface area contributed by atoms with Crippen LogP contribution in [0.25, 0.3) is 11.2 Å². The molecule has 2 fully saturated rings. The largest absolute Gasteiger partial charge is 0.483 e. The molecule has 2 unspecified atom stereocenters. The third-order valence-electron chi connectivity index (χ3n) is 5.69. The van der Waals surface area contributed by atoms with Gasteiger partial charge in [0.2, 0.25) is 0 Å². The average molecular weight is 589 g/mol. The molecule has 10 N–H and O–H groups in total. The highest BCUT2D eigenvalue weighted by Gasteiger charge is 2.49. The Morgan fingerprint density at radius 3 is 2.29 bits per heavy atom. The summed E-state index contributed by atoms with van der Waals surface area (Å²) in [5.74, 6) is 0.0411. The summed E-state index contributed by atoms with van der Waals surface area (Å²) in [4.78, 5) is 31.5. The molecule has 2 aromatic rings. The number of anilines is 1. The summed E-state index contributed by atoms with van der Waals surface area (Å²) in [6.07, 6.45) is -13.3. The lowest BCUT2D eigenvalue weighted by Crippen LogP contribution is -2.58. The van der Waals surface area contributed by atoms with Crippen LogP contribution in [0.4, 0.5) is 5.82 Å². The molecule has 4 heterocycles. The second-order valence-corrected chi connectivity index (χ2v) is 11.2. The number of phosphoric ester groups is 2. The molecule has 0 spiro atoms. The third kappa shape index (κ3) is 5.89. The number of nitrogen functional groups attached to an aromatic ring is 1.